The average Bonchev–Trinajstić information content (AvgIpc) is 2.74. The molecule has 1 aliphatic heterocycles. The molecule has 7 nitrogen and oxygen atoms in total. The second-order valence-corrected chi connectivity index (χ2v) is 8.87. The first-order chi connectivity index (χ1) is 13.8. The summed E-state index contributed by atoms with van der Waals surface area (Å²) in [5, 5.41) is 2.92. The fourth-order valence-corrected chi connectivity index (χ4v) is 4.86. The van der Waals surface area contributed by atoms with Crippen molar-refractivity contribution in [3.63, 3.8) is 0 Å². The number of carbonyl (C=O) groups is 1. The highest BCUT2D eigenvalue weighted by Crippen LogP contribution is 2.23. The van der Waals surface area contributed by atoms with Gasteiger partial charge in [-0.15, -0.1) is 0 Å². The molecule has 0 bridgehead atoms. The maximum Gasteiger partial charge on any atom is 0.251 e. The van der Waals surface area contributed by atoms with Crippen LogP contribution >= 0.6 is 0 Å². The highest BCUT2D eigenvalue weighted by Gasteiger charge is 2.28. The van der Waals surface area contributed by atoms with E-state index >= 15 is 0 Å². The smallest absolute Gasteiger partial charge is 0.251 e. The summed E-state index contributed by atoms with van der Waals surface area (Å²) in [6, 6.07) is 11.9. The van der Waals surface area contributed by atoms with Gasteiger partial charge in [-0.3, -0.25) is 4.79 Å². The lowest BCUT2D eigenvalue weighted by Gasteiger charge is -2.26. The van der Waals surface area contributed by atoms with Crippen LogP contribution in [0.4, 0.5) is 0 Å². The molecule has 0 spiro atoms. The summed E-state index contributed by atoms with van der Waals surface area (Å²) in [6.45, 7) is 4.98. The summed E-state index contributed by atoms with van der Waals surface area (Å²) in [5.41, 5.74) is 1.84. The molecule has 1 fully saturated rings. The number of hydrogen-bond donors (Lipinski definition) is 1. The zero-order valence-corrected chi connectivity index (χ0v) is 17.7. The van der Waals surface area contributed by atoms with Gasteiger partial charge >= 0.3 is 0 Å². The molecule has 0 aromatic heterocycles. The van der Waals surface area contributed by atoms with E-state index in [4.69, 9.17) is 9.47 Å². The van der Waals surface area contributed by atoms with E-state index in [9.17, 15) is 13.2 Å². The number of methoxy groups -OCH3 is 1. The summed E-state index contributed by atoms with van der Waals surface area (Å²) in [7, 11) is -2.08. The molecule has 2 aromatic carbocycles. The molecule has 0 radical (unpaired) electrons. The number of sulfonamides is 1. The number of morpholine rings is 1. The highest BCUT2D eigenvalue weighted by molar-refractivity contribution is 7.89. The second kappa shape index (κ2) is 8.94. The van der Waals surface area contributed by atoms with Gasteiger partial charge in [-0.2, -0.15) is 4.31 Å². The van der Waals surface area contributed by atoms with E-state index in [1.807, 2.05) is 31.2 Å². The third-order valence-electron chi connectivity index (χ3n) is 5.00. The molecule has 1 N–H and O–H groups in total. The van der Waals surface area contributed by atoms with Crippen LogP contribution in [0.2, 0.25) is 0 Å². The Morgan fingerprint density at radius 2 is 1.79 bits per heavy atom. The molecule has 156 valence electrons. The van der Waals surface area contributed by atoms with Crippen molar-refractivity contribution in [1.29, 1.82) is 0 Å². The summed E-state index contributed by atoms with van der Waals surface area (Å²) in [4.78, 5) is 12.9. The van der Waals surface area contributed by atoms with Gasteiger partial charge in [-0.1, -0.05) is 18.2 Å². The third-order valence-corrected chi connectivity index (χ3v) is 7.04. The van der Waals surface area contributed by atoms with Gasteiger partial charge in [0.05, 0.1) is 31.3 Å². The normalized spacial score (nSPS) is 16.2. The minimum absolute atomic E-state index is 0.157. The zero-order valence-electron chi connectivity index (χ0n) is 16.8. The molecule has 1 amide bonds. The standard InChI is InChI=1S/C21H26N2O5S/c1-15-4-5-18(14-20(15)29(25,26)23-10-12-28-13-11-23)21(24)22-16(2)17-6-8-19(27-3)9-7-17/h4-9,14,16H,10-13H2,1-3H3,(H,22,24)/t16-/m1/s1. The number of nitrogens with zero attached hydrogens (tertiary/aromatic N) is 1. The lowest BCUT2D eigenvalue weighted by atomic mass is 10.1. The molecule has 1 atom stereocenters. The van der Waals surface area contributed by atoms with E-state index in [-0.39, 0.29) is 16.8 Å². The monoisotopic (exact) mass is 418 g/mol. The Bertz CT molecular complexity index is 967. The predicted octanol–water partition coefficient (Wildman–Crippen LogP) is 2.52. The van der Waals surface area contributed by atoms with Crippen molar-refractivity contribution in [2.75, 3.05) is 33.4 Å². The van der Waals surface area contributed by atoms with E-state index < -0.39 is 10.0 Å². The van der Waals surface area contributed by atoms with Crippen molar-refractivity contribution in [3.05, 3.63) is 59.2 Å². The minimum atomic E-state index is -3.68. The zero-order chi connectivity index (χ0) is 21.0. The third kappa shape index (κ3) is 4.77. The van der Waals surface area contributed by atoms with E-state index in [1.165, 1.54) is 10.4 Å². The van der Waals surface area contributed by atoms with Gasteiger partial charge in [0.15, 0.2) is 0 Å². The van der Waals surface area contributed by atoms with Crippen LogP contribution in [0.1, 0.15) is 34.5 Å². The Kier molecular flexibility index (Phi) is 6.56. The number of carbonyl (C=O) groups excluding carboxylic acids is 1. The maximum atomic E-state index is 13.0. The first kappa shape index (κ1) is 21.3. The van der Waals surface area contributed by atoms with Crippen molar-refractivity contribution < 1.29 is 22.7 Å². The Hall–Kier alpha value is -2.42. The molecular formula is C21H26N2O5S. The molecule has 8 heteroatoms. The first-order valence-electron chi connectivity index (χ1n) is 9.46. The maximum absolute atomic E-state index is 13.0. The van der Waals surface area contributed by atoms with E-state index in [0.29, 0.717) is 37.4 Å². The van der Waals surface area contributed by atoms with Crippen molar-refractivity contribution >= 4 is 15.9 Å². The lowest BCUT2D eigenvalue weighted by Crippen LogP contribution is -2.41. The van der Waals surface area contributed by atoms with E-state index in [1.54, 1.807) is 26.2 Å². The SMILES string of the molecule is COc1ccc([C@@H](C)NC(=O)c2ccc(C)c(S(=O)(=O)N3CCOCC3)c2)cc1. The van der Waals surface area contributed by atoms with Gasteiger partial charge in [0.25, 0.3) is 5.91 Å². The van der Waals surface area contributed by atoms with Crippen LogP contribution in [0.25, 0.3) is 0 Å². The van der Waals surface area contributed by atoms with Crippen LogP contribution in [0.3, 0.4) is 0 Å². The van der Waals surface area contributed by atoms with Crippen molar-refractivity contribution in [2.24, 2.45) is 0 Å². The molecule has 1 heterocycles. The van der Waals surface area contributed by atoms with Gasteiger partial charge < -0.3 is 14.8 Å². The van der Waals surface area contributed by atoms with Crippen LogP contribution in [0, 0.1) is 6.92 Å². The quantitative estimate of drug-likeness (QED) is 0.779. The summed E-state index contributed by atoms with van der Waals surface area (Å²) in [6.07, 6.45) is 0. The first-order valence-corrected chi connectivity index (χ1v) is 10.9. The van der Waals surface area contributed by atoms with Crippen LogP contribution in [0.15, 0.2) is 47.4 Å². The van der Waals surface area contributed by atoms with Gasteiger partial charge in [0.1, 0.15) is 5.75 Å². The number of hydrogen-bond acceptors (Lipinski definition) is 5. The molecule has 1 aliphatic rings. The van der Waals surface area contributed by atoms with Crippen molar-refractivity contribution in [2.45, 2.75) is 24.8 Å². The Balaban J connectivity index is 1.79. The number of rotatable bonds is 6. The Morgan fingerprint density at radius 1 is 1.14 bits per heavy atom. The number of aryl methyl sites for hydroxylation is 1. The summed E-state index contributed by atoms with van der Waals surface area (Å²) >= 11 is 0. The largest absolute Gasteiger partial charge is 0.497 e. The Morgan fingerprint density at radius 3 is 2.41 bits per heavy atom. The van der Waals surface area contributed by atoms with Gasteiger partial charge in [0.2, 0.25) is 10.0 Å². The van der Waals surface area contributed by atoms with Crippen LogP contribution in [-0.4, -0.2) is 52.0 Å². The molecule has 0 saturated carbocycles. The van der Waals surface area contributed by atoms with Crippen molar-refractivity contribution in [3.8, 4) is 5.75 Å². The average molecular weight is 419 g/mol. The van der Waals surface area contributed by atoms with Crippen LogP contribution in [0.5, 0.6) is 5.75 Å². The molecule has 1 saturated heterocycles. The molecule has 29 heavy (non-hydrogen) atoms. The summed E-state index contributed by atoms with van der Waals surface area (Å²) < 4.78 is 37.8. The van der Waals surface area contributed by atoms with Crippen molar-refractivity contribution in [1.82, 2.24) is 9.62 Å². The molecular weight excluding hydrogens is 392 g/mol. The molecule has 3 rings (SSSR count). The van der Waals surface area contributed by atoms with Gasteiger partial charge in [-0.05, 0) is 49.2 Å². The lowest BCUT2D eigenvalue weighted by molar-refractivity contribution is 0.0730. The highest BCUT2D eigenvalue weighted by atomic mass is 32.2. The van der Waals surface area contributed by atoms with E-state index in [0.717, 1.165) is 11.3 Å². The Labute approximate surface area is 171 Å². The molecule has 0 unspecified atom stereocenters. The second-order valence-electron chi connectivity index (χ2n) is 6.97. The van der Waals surface area contributed by atoms with E-state index in [2.05, 4.69) is 5.32 Å². The van der Waals surface area contributed by atoms with Gasteiger partial charge in [0, 0.05) is 18.7 Å². The minimum Gasteiger partial charge on any atom is -0.497 e. The van der Waals surface area contributed by atoms with Crippen LogP contribution < -0.4 is 10.1 Å². The number of amides is 1. The number of ether oxygens (including phenoxy) is 2. The molecule has 2 aromatic rings. The van der Waals surface area contributed by atoms with Crippen LogP contribution in [-0.2, 0) is 14.8 Å². The number of benzene rings is 2. The summed E-state index contributed by atoms with van der Waals surface area (Å²) in [5.74, 6) is 0.413. The molecule has 0 aliphatic carbocycles. The number of nitrogens with one attached hydrogen (secondary N) is 1. The topological polar surface area (TPSA) is 84.9 Å². The fraction of sp³-hybridized carbons (Fsp3) is 0.381. The van der Waals surface area contributed by atoms with Gasteiger partial charge in [-0.25, -0.2) is 8.42 Å². The predicted molar refractivity (Wildman–Crippen MR) is 110 cm³/mol. The fourth-order valence-electron chi connectivity index (χ4n) is 3.20.